The van der Waals surface area contributed by atoms with E-state index >= 15 is 0 Å². The molecule has 1 heterocycles. The molecule has 2 nitrogen and oxygen atoms in total. The van der Waals surface area contributed by atoms with Gasteiger partial charge in [-0.15, -0.1) is 0 Å². The largest absolute Gasteiger partial charge is 0.444 e. The second kappa shape index (κ2) is 20.6. The van der Waals surface area contributed by atoms with Crippen molar-refractivity contribution in [1.82, 2.24) is 4.98 Å². The summed E-state index contributed by atoms with van der Waals surface area (Å²) >= 11 is 0. The van der Waals surface area contributed by atoms with Crippen LogP contribution < -0.4 is 0 Å². The topological polar surface area (TPSA) is 26.0 Å². The number of nitrogens with zero attached hydrogens (tertiary/aromatic N) is 1. The average molecular weight is 484 g/mol. The Hall–Kier alpha value is -1.57. The lowest BCUT2D eigenvalue weighted by Crippen LogP contribution is -2.04. The molecule has 1 aromatic rings. The lowest BCUT2D eigenvalue weighted by atomic mass is 9.90. The molecule has 0 aromatic carbocycles. The van der Waals surface area contributed by atoms with Crippen molar-refractivity contribution >= 4 is 0 Å². The molecule has 3 unspecified atom stereocenters. The van der Waals surface area contributed by atoms with Crippen LogP contribution in [0.15, 0.2) is 40.9 Å². The van der Waals surface area contributed by atoms with E-state index in [1.54, 1.807) is 0 Å². The minimum atomic E-state index is 0.280. The maximum atomic E-state index is 6.77. The molecule has 2 heteroatoms. The summed E-state index contributed by atoms with van der Waals surface area (Å²) in [6, 6.07) is 0. The van der Waals surface area contributed by atoms with Crippen molar-refractivity contribution < 1.29 is 4.42 Å². The van der Waals surface area contributed by atoms with Crippen LogP contribution in [0.25, 0.3) is 0 Å². The molecule has 0 saturated carbocycles. The molecule has 0 aliphatic rings. The third-order valence-electron chi connectivity index (χ3n) is 6.78. The van der Waals surface area contributed by atoms with E-state index in [0.29, 0.717) is 11.8 Å². The van der Waals surface area contributed by atoms with Gasteiger partial charge in [0.2, 0.25) is 5.89 Å². The summed E-state index contributed by atoms with van der Waals surface area (Å²) in [7, 11) is 0. The van der Waals surface area contributed by atoms with Gasteiger partial charge in [0, 0.05) is 11.8 Å². The number of hydrogen-bond donors (Lipinski definition) is 0. The summed E-state index contributed by atoms with van der Waals surface area (Å²) in [6.45, 7) is 13.6. The average Bonchev–Trinajstić information content (AvgIpc) is 3.30. The summed E-state index contributed by atoms with van der Waals surface area (Å²) < 4.78 is 6.77. The van der Waals surface area contributed by atoms with Crippen molar-refractivity contribution in [3.05, 3.63) is 53.8 Å². The standard InChI is InChI=1S/C33H57NO/c1-7-13-16-19-25-28(22-10-4)31-32(29(23-11-5)26-20-17-14-8-2)35-33(34-31)30(24-12-6)27-21-18-15-9-3/h19-21,25-30H,7-18,22-24H2,1-6H3/b25-19+,26-20+,27-21+. The van der Waals surface area contributed by atoms with E-state index in [2.05, 4.69) is 78.0 Å². The van der Waals surface area contributed by atoms with Crippen LogP contribution >= 0.6 is 0 Å². The van der Waals surface area contributed by atoms with Gasteiger partial charge in [-0.05, 0) is 38.5 Å². The van der Waals surface area contributed by atoms with Crippen molar-refractivity contribution in [3.8, 4) is 0 Å². The Morgan fingerprint density at radius 3 is 1.49 bits per heavy atom. The number of hydrogen-bond acceptors (Lipinski definition) is 2. The Morgan fingerprint density at radius 2 is 1.00 bits per heavy atom. The lowest BCUT2D eigenvalue weighted by Gasteiger charge is -2.15. The number of oxazole rings is 1. The summed E-state index contributed by atoms with van der Waals surface area (Å²) in [5.74, 6) is 3.02. The Bertz CT molecular complexity index is 665. The van der Waals surface area contributed by atoms with Crippen LogP contribution in [0, 0.1) is 0 Å². The van der Waals surface area contributed by atoms with E-state index in [-0.39, 0.29) is 5.92 Å². The van der Waals surface area contributed by atoms with Crippen molar-refractivity contribution in [2.75, 3.05) is 0 Å². The maximum absolute atomic E-state index is 6.77. The first-order valence-corrected chi connectivity index (χ1v) is 15.2. The molecule has 0 radical (unpaired) electrons. The second-order valence-electron chi connectivity index (χ2n) is 10.2. The molecule has 0 N–H and O–H groups in total. The normalized spacial score (nSPS) is 15.0. The predicted molar refractivity (Wildman–Crippen MR) is 155 cm³/mol. The molecule has 1 aromatic heterocycles. The minimum absolute atomic E-state index is 0.280. The molecule has 0 bridgehead atoms. The number of allylic oxidation sites excluding steroid dienone is 6. The van der Waals surface area contributed by atoms with Gasteiger partial charge in [-0.25, -0.2) is 4.98 Å². The number of rotatable bonds is 21. The Kier molecular flexibility index (Phi) is 18.5. The fourth-order valence-corrected chi connectivity index (χ4v) is 4.67. The van der Waals surface area contributed by atoms with Crippen LogP contribution in [-0.4, -0.2) is 4.98 Å². The van der Waals surface area contributed by atoms with E-state index in [9.17, 15) is 0 Å². The lowest BCUT2D eigenvalue weighted by molar-refractivity contribution is 0.410. The summed E-state index contributed by atoms with van der Waals surface area (Å²) in [5.41, 5.74) is 1.20. The van der Waals surface area contributed by atoms with Crippen LogP contribution in [0.2, 0.25) is 0 Å². The van der Waals surface area contributed by atoms with Gasteiger partial charge < -0.3 is 4.42 Å². The predicted octanol–water partition coefficient (Wildman–Crippen LogP) is 11.6. The van der Waals surface area contributed by atoms with Crippen molar-refractivity contribution in [3.63, 3.8) is 0 Å². The second-order valence-corrected chi connectivity index (χ2v) is 10.2. The molecule has 0 saturated heterocycles. The van der Waals surface area contributed by atoms with E-state index in [0.717, 1.165) is 69.4 Å². The van der Waals surface area contributed by atoms with Crippen LogP contribution in [0.5, 0.6) is 0 Å². The molecular formula is C33H57NO. The zero-order valence-electron chi connectivity index (χ0n) is 24.2. The molecule has 0 spiro atoms. The first-order chi connectivity index (χ1) is 17.2. The fourth-order valence-electron chi connectivity index (χ4n) is 4.67. The highest BCUT2D eigenvalue weighted by Crippen LogP contribution is 2.37. The highest BCUT2D eigenvalue weighted by atomic mass is 16.4. The van der Waals surface area contributed by atoms with Crippen LogP contribution in [0.4, 0.5) is 0 Å². The summed E-state index contributed by atoms with van der Waals surface area (Å²) in [4.78, 5) is 5.29. The van der Waals surface area contributed by atoms with Gasteiger partial charge in [0.25, 0.3) is 0 Å². The summed E-state index contributed by atoms with van der Waals surface area (Å²) in [5, 5.41) is 0. The van der Waals surface area contributed by atoms with Crippen molar-refractivity contribution in [2.24, 2.45) is 0 Å². The maximum Gasteiger partial charge on any atom is 0.201 e. The van der Waals surface area contributed by atoms with E-state index in [1.165, 1.54) is 44.2 Å². The molecule has 0 aliphatic heterocycles. The zero-order valence-corrected chi connectivity index (χ0v) is 24.2. The van der Waals surface area contributed by atoms with Crippen LogP contribution in [-0.2, 0) is 0 Å². The quantitative estimate of drug-likeness (QED) is 0.128. The molecular weight excluding hydrogens is 426 g/mol. The number of aromatic nitrogens is 1. The molecule has 0 amide bonds. The third-order valence-corrected chi connectivity index (χ3v) is 6.78. The van der Waals surface area contributed by atoms with E-state index in [1.807, 2.05) is 0 Å². The third kappa shape index (κ3) is 12.3. The van der Waals surface area contributed by atoms with Gasteiger partial charge in [0.05, 0.1) is 11.6 Å². The monoisotopic (exact) mass is 483 g/mol. The van der Waals surface area contributed by atoms with Crippen molar-refractivity contribution in [2.45, 2.75) is 156 Å². The molecule has 200 valence electrons. The first kappa shape index (κ1) is 31.5. The Balaban J connectivity index is 3.44. The Labute approximate surface area is 218 Å². The SMILES string of the molecule is CCCC/C=C/C(CCC)c1nc(C(/C=C/CCCC)CCC)c(C(/C=C/CCCC)CCC)o1. The first-order valence-electron chi connectivity index (χ1n) is 15.2. The fraction of sp³-hybridized carbons (Fsp3) is 0.727. The van der Waals surface area contributed by atoms with Gasteiger partial charge in [0.1, 0.15) is 5.76 Å². The van der Waals surface area contributed by atoms with Gasteiger partial charge in [-0.3, -0.25) is 0 Å². The van der Waals surface area contributed by atoms with Crippen LogP contribution in [0.3, 0.4) is 0 Å². The zero-order chi connectivity index (χ0) is 25.7. The van der Waals surface area contributed by atoms with E-state index < -0.39 is 0 Å². The van der Waals surface area contributed by atoms with E-state index in [4.69, 9.17) is 9.40 Å². The highest BCUT2D eigenvalue weighted by molar-refractivity contribution is 5.28. The highest BCUT2D eigenvalue weighted by Gasteiger charge is 2.27. The van der Waals surface area contributed by atoms with Gasteiger partial charge in [-0.2, -0.15) is 0 Å². The number of unbranched alkanes of at least 4 members (excludes halogenated alkanes) is 6. The minimum Gasteiger partial charge on any atom is -0.444 e. The molecule has 35 heavy (non-hydrogen) atoms. The van der Waals surface area contributed by atoms with Gasteiger partial charge >= 0.3 is 0 Å². The van der Waals surface area contributed by atoms with Crippen molar-refractivity contribution in [1.29, 1.82) is 0 Å². The molecule has 3 atom stereocenters. The van der Waals surface area contributed by atoms with Gasteiger partial charge in [-0.1, -0.05) is 136 Å². The summed E-state index contributed by atoms with van der Waals surface area (Å²) in [6.07, 6.45) is 32.1. The molecule has 0 fully saturated rings. The molecule has 0 aliphatic carbocycles. The van der Waals surface area contributed by atoms with Crippen LogP contribution in [0.1, 0.15) is 173 Å². The smallest absolute Gasteiger partial charge is 0.201 e. The molecule has 1 rings (SSSR count). The van der Waals surface area contributed by atoms with Gasteiger partial charge in [0.15, 0.2) is 0 Å². The Morgan fingerprint density at radius 1 is 0.571 bits per heavy atom.